The van der Waals surface area contributed by atoms with Crippen molar-refractivity contribution in [3.8, 4) is 0 Å². The molecule has 5 heteroatoms. The van der Waals surface area contributed by atoms with Gasteiger partial charge in [-0.05, 0) is 32.0 Å². The molecule has 2 atom stereocenters. The molecule has 0 spiro atoms. The summed E-state index contributed by atoms with van der Waals surface area (Å²) < 4.78 is 19.7. The lowest BCUT2D eigenvalue weighted by Crippen LogP contribution is -2.45. The zero-order chi connectivity index (χ0) is 13.3. The Morgan fingerprint density at radius 2 is 2.00 bits per heavy atom. The molecule has 1 aromatic carbocycles. The van der Waals surface area contributed by atoms with Gasteiger partial charge < -0.3 is 15.4 Å². The highest BCUT2D eigenvalue weighted by Crippen LogP contribution is 2.24. The number of nitrogens with zero attached hydrogens (tertiary/aromatic N) is 1. The van der Waals surface area contributed by atoms with Crippen molar-refractivity contribution in [2.24, 2.45) is 5.73 Å². The molecule has 1 heterocycles. The molecule has 2 N–H and O–H groups in total. The van der Waals surface area contributed by atoms with Crippen LogP contribution in [0.4, 0.5) is 10.1 Å². The van der Waals surface area contributed by atoms with Gasteiger partial charge in [-0.2, -0.15) is 0 Å². The van der Waals surface area contributed by atoms with Gasteiger partial charge in [0.25, 0.3) is 0 Å². The van der Waals surface area contributed by atoms with Crippen LogP contribution in [0, 0.1) is 5.82 Å². The Hall–Kier alpha value is -1.20. The highest BCUT2D eigenvalue weighted by molar-refractivity contribution is 7.80. The summed E-state index contributed by atoms with van der Waals surface area (Å²) in [5.41, 5.74) is 6.62. The summed E-state index contributed by atoms with van der Waals surface area (Å²) >= 11 is 4.84. The smallest absolute Gasteiger partial charge is 0.147 e. The van der Waals surface area contributed by atoms with Gasteiger partial charge >= 0.3 is 0 Å². The van der Waals surface area contributed by atoms with Crippen LogP contribution in [-0.2, 0) is 4.74 Å². The normalized spacial score (nSPS) is 24.1. The lowest BCUT2D eigenvalue weighted by molar-refractivity contribution is -0.00539. The molecule has 0 saturated carbocycles. The van der Waals surface area contributed by atoms with Crippen molar-refractivity contribution in [1.82, 2.24) is 0 Å². The van der Waals surface area contributed by atoms with Gasteiger partial charge in [0.05, 0.1) is 17.9 Å². The number of ether oxygens (including phenoxy) is 1. The van der Waals surface area contributed by atoms with E-state index in [1.165, 1.54) is 6.07 Å². The number of nitrogens with two attached hydrogens (primary N) is 1. The first-order valence-electron chi connectivity index (χ1n) is 5.97. The fraction of sp³-hybridized carbons (Fsp3) is 0.462. The quantitative estimate of drug-likeness (QED) is 0.833. The molecule has 1 fully saturated rings. The van der Waals surface area contributed by atoms with Gasteiger partial charge in [0, 0.05) is 18.7 Å². The predicted octanol–water partition coefficient (Wildman–Crippen LogP) is 2.07. The molecule has 0 aromatic heterocycles. The van der Waals surface area contributed by atoms with Crippen molar-refractivity contribution in [2.75, 3.05) is 18.0 Å². The second-order valence-corrected chi connectivity index (χ2v) is 5.13. The number of halogens is 1. The summed E-state index contributed by atoms with van der Waals surface area (Å²) in [6, 6.07) is 4.88. The van der Waals surface area contributed by atoms with E-state index < -0.39 is 0 Å². The average Bonchev–Trinajstić information content (AvgIpc) is 2.27. The number of rotatable bonds is 2. The van der Waals surface area contributed by atoms with E-state index in [1.54, 1.807) is 12.1 Å². The van der Waals surface area contributed by atoms with E-state index in [0.29, 0.717) is 24.3 Å². The summed E-state index contributed by atoms with van der Waals surface area (Å²) in [5.74, 6) is -0.290. The molecule has 98 valence electrons. The predicted molar refractivity (Wildman–Crippen MR) is 74.5 cm³/mol. The van der Waals surface area contributed by atoms with Crippen LogP contribution in [0.1, 0.15) is 19.4 Å². The lowest BCUT2D eigenvalue weighted by Gasteiger charge is -2.37. The van der Waals surface area contributed by atoms with E-state index >= 15 is 0 Å². The van der Waals surface area contributed by atoms with Crippen molar-refractivity contribution in [1.29, 1.82) is 0 Å². The van der Waals surface area contributed by atoms with Gasteiger partial charge in [0.1, 0.15) is 10.8 Å². The molecule has 18 heavy (non-hydrogen) atoms. The first-order chi connectivity index (χ1) is 8.47. The SMILES string of the molecule is CC1CN(c2ccc(C(N)=S)cc2F)CC(C)O1. The molecule has 2 rings (SSSR count). The van der Waals surface area contributed by atoms with Crippen LogP contribution in [-0.4, -0.2) is 30.3 Å². The van der Waals surface area contributed by atoms with E-state index in [1.807, 2.05) is 18.7 Å². The summed E-state index contributed by atoms with van der Waals surface area (Å²) in [6.07, 6.45) is 0.201. The van der Waals surface area contributed by atoms with Crippen molar-refractivity contribution in [3.63, 3.8) is 0 Å². The third-order valence-electron chi connectivity index (χ3n) is 2.99. The molecule has 1 aromatic rings. The van der Waals surface area contributed by atoms with E-state index in [9.17, 15) is 4.39 Å². The fourth-order valence-corrected chi connectivity index (χ4v) is 2.42. The first-order valence-corrected chi connectivity index (χ1v) is 6.38. The van der Waals surface area contributed by atoms with Crippen molar-refractivity contribution >= 4 is 22.9 Å². The summed E-state index contributed by atoms with van der Waals surface area (Å²) in [4.78, 5) is 2.21. The van der Waals surface area contributed by atoms with E-state index in [0.717, 1.165) is 0 Å². The first kappa shape index (κ1) is 13.2. The Bertz CT molecular complexity index is 456. The van der Waals surface area contributed by atoms with Crippen LogP contribution in [0.15, 0.2) is 18.2 Å². The Morgan fingerprint density at radius 3 is 2.50 bits per heavy atom. The van der Waals surface area contributed by atoms with Crippen LogP contribution < -0.4 is 10.6 Å². The number of hydrogen-bond acceptors (Lipinski definition) is 3. The van der Waals surface area contributed by atoms with Crippen LogP contribution >= 0.6 is 12.2 Å². The number of thiocarbonyl (C=S) groups is 1. The molecule has 1 aliphatic heterocycles. The number of hydrogen-bond donors (Lipinski definition) is 1. The molecular formula is C13H17FN2OS. The number of morpholine rings is 1. The topological polar surface area (TPSA) is 38.5 Å². The van der Waals surface area contributed by atoms with Crippen LogP contribution in [0.25, 0.3) is 0 Å². The van der Waals surface area contributed by atoms with Crippen LogP contribution in [0.3, 0.4) is 0 Å². The van der Waals surface area contributed by atoms with Gasteiger partial charge in [0.2, 0.25) is 0 Å². The number of anilines is 1. The maximum absolute atomic E-state index is 14.1. The molecule has 0 amide bonds. The van der Waals surface area contributed by atoms with Gasteiger partial charge in [-0.1, -0.05) is 12.2 Å². The highest BCUT2D eigenvalue weighted by Gasteiger charge is 2.24. The van der Waals surface area contributed by atoms with Gasteiger partial charge in [-0.15, -0.1) is 0 Å². The minimum Gasteiger partial charge on any atom is -0.389 e. The van der Waals surface area contributed by atoms with Crippen LogP contribution in [0.5, 0.6) is 0 Å². The Labute approximate surface area is 112 Å². The molecular weight excluding hydrogens is 251 g/mol. The third kappa shape index (κ3) is 2.79. The number of benzene rings is 1. The maximum Gasteiger partial charge on any atom is 0.147 e. The van der Waals surface area contributed by atoms with Crippen LogP contribution in [0.2, 0.25) is 0 Å². The fourth-order valence-electron chi connectivity index (χ4n) is 2.29. The summed E-state index contributed by atoms with van der Waals surface area (Å²) in [7, 11) is 0. The van der Waals surface area contributed by atoms with Crippen molar-refractivity contribution < 1.29 is 9.13 Å². The minimum absolute atomic E-state index is 0.100. The van der Waals surface area contributed by atoms with Crippen molar-refractivity contribution in [2.45, 2.75) is 26.1 Å². The third-order valence-corrected chi connectivity index (χ3v) is 3.23. The highest BCUT2D eigenvalue weighted by atomic mass is 32.1. The lowest BCUT2D eigenvalue weighted by atomic mass is 10.1. The molecule has 0 aliphatic carbocycles. The molecule has 0 bridgehead atoms. The zero-order valence-electron chi connectivity index (χ0n) is 10.5. The molecule has 0 radical (unpaired) electrons. The van der Waals surface area contributed by atoms with Gasteiger partial charge in [-0.25, -0.2) is 4.39 Å². The minimum atomic E-state index is -0.290. The summed E-state index contributed by atoms with van der Waals surface area (Å²) in [6.45, 7) is 5.36. The molecule has 1 saturated heterocycles. The van der Waals surface area contributed by atoms with Crippen molar-refractivity contribution in [3.05, 3.63) is 29.6 Å². The largest absolute Gasteiger partial charge is 0.389 e. The summed E-state index contributed by atoms with van der Waals surface area (Å²) in [5, 5.41) is 0. The second kappa shape index (κ2) is 5.20. The average molecular weight is 268 g/mol. The van der Waals surface area contributed by atoms with E-state index in [2.05, 4.69) is 0 Å². The zero-order valence-corrected chi connectivity index (χ0v) is 11.3. The second-order valence-electron chi connectivity index (χ2n) is 4.69. The molecule has 2 unspecified atom stereocenters. The monoisotopic (exact) mass is 268 g/mol. The van der Waals surface area contributed by atoms with Gasteiger partial charge in [-0.3, -0.25) is 0 Å². The Morgan fingerprint density at radius 1 is 1.39 bits per heavy atom. The molecule has 1 aliphatic rings. The molecule has 3 nitrogen and oxygen atoms in total. The Balaban J connectivity index is 2.25. The Kier molecular flexibility index (Phi) is 3.82. The maximum atomic E-state index is 14.1. The van der Waals surface area contributed by atoms with Gasteiger partial charge in [0.15, 0.2) is 0 Å². The van der Waals surface area contributed by atoms with E-state index in [4.69, 9.17) is 22.7 Å². The van der Waals surface area contributed by atoms with E-state index in [-0.39, 0.29) is 23.0 Å². The standard InChI is InChI=1S/C13H17FN2OS/c1-8-6-16(7-9(2)17-8)12-4-3-10(13(15)18)5-11(12)14/h3-5,8-9H,6-7H2,1-2H3,(H2,15,18).